The van der Waals surface area contributed by atoms with Gasteiger partial charge in [0.1, 0.15) is 0 Å². The van der Waals surface area contributed by atoms with E-state index in [-0.39, 0.29) is 6.04 Å². The van der Waals surface area contributed by atoms with Gasteiger partial charge in [-0.1, -0.05) is 20.8 Å². The average Bonchev–Trinajstić information content (AvgIpc) is 2.85. The van der Waals surface area contributed by atoms with Crippen molar-refractivity contribution in [2.75, 3.05) is 13.1 Å². The van der Waals surface area contributed by atoms with Crippen LogP contribution in [-0.4, -0.2) is 24.0 Å². The molecule has 1 aliphatic rings. The standard InChI is InChI=1S/C16H27BrN2S/c1-4-13(18)16(14-5-6-15(17)20-14)19-9-7-12(8-10-19)11(2)3/h5-6,11-13,16H,4,7-10,18H2,1-3H3. The predicted octanol–water partition coefficient (Wildman–Crippen LogP) is 4.66. The number of halogens is 1. The first-order chi connectivity index (χ1) is 9.52. The smallest absolute Gasteiger partial charge is 0.0702 e. The van der Waals surface area contributed by atoms with Crippen LogP contribution in [0.25, 0.3) is 0 Å². The van der Waals surface area contributed by atoms with Gasteiger partial charge in [-0.3, -0.25) is 4.90 Å². The van der Waals surface area contributed by atoms with E-state index in [1.165, 1.54) is 34.6 Å². The van der Waals surface area contributed by atoms with Crippen LogP contribution in [0, 0.1) is 11.8 Å². The van der Waals surface area contributed by atoms with E-state index in [2.05, 4.69) is 53.7 Å². The fourth-order valence-corrected chi connectivity index (χ4v) is 4.87. The molecule has 2 unspecified atom stereocenters. The molecule has 2 atom stereocenters. The summed E-state index contributed by atoms with van der Waals surface area (Å²) in [6.45, 7) is 9.28. The Kier molecular flexibility index (Phi) is 6.09. The molecule has 2 nitrogen and oxygen atoms in total. The Hall–Kier alpha value is 0.1000. The van der Waals surface area contributed by atoms with Gasteiger partial charge < -0.3 is 5.73 Å². The minimum Gasteiger partial charge on any atom is -0.326 e. The topological polar surface area (TPSA) is 29.3 Å². The lowest BCUT2D eigenvalue weighted by Crippen LogP contribution is -2.44. The second-order valence-electron chi connectivity index (χ2n) is 6.28. The van der Waals surface area contributed by atoms with Crippen LogP contribution in [-0.2, 0) is 0 Å². The molecule has 0 aliphatic carbocycles. The molecular formula is C16H27BrN2S. The van der Waals surface area contributed by atoms with Gasteiger partial charge in [-0.2, -0.15) is 0 Å². The van der Waals surface area contributed by atoms with Gasteiger partial charge in [-0.25, -0.2) is 0 Å². The minimum absolute atomic E-state index is 0.233. The number of thiophene rings is 1. The summed E-state index contributed by atoms with van der Waals surface area (Å²) < 4.78 is 1.21. The first-order valence-electron chi connectivity index (χ1n) is 7.77. The molecule has 2 N–H and O–H groups in total. The van der Waals surface area contributed by atoms with Crippen LogP contribution in [0.15, 0.2) is 15.9 Å². The number of hydrogen-bond donors (Lipinski definition) is 1. The molecule has 0 saturated carbocycles. The van der Waals surface area contributed by atoms with E-state index in [0.29, 0.717) is 6.04 Å². The number of piperidine rings is 1. The fourth-order valence-electron chi connectivity index (χ4n) is 3.24. The maximum Gasteiger partial charge on any atom is 0.0702 e. The lowest BCUT2D eigenvalue weighted by atomic mass is 9.85. The highest BCUT2D eigenvalue weighted by Crippen LogP contribution is 2.36. The molecule has 0 amide bonds. The van der Waals surface area contributed by atoms with Crippen molar-refractivity contribution in [2.24, 2.45) is 17.6 Å². The van der Waals surface area contributed by atoms with E-state index >= 15 is 0 Å². The second kappa shape index (κ2) is 7.39. The SMILES string of the molecule is CCC(N)C(c1ccc(Br)s1)N1CCC(C(C)C)CC1. The van der Waals surface area contributed by atoms with Gasteiger partial charge in [0, 0.05) is 10.9 Å². The normalized spacial score (nSPS) is 21.3. The molecule has 0 aromatic carbocycles. The van der Waals surface area contributed by atoms with E-state index in [4.69, 9.17) is 5.73 Å². The van der Waals surface area contributed by atoms with Crippen LogP contribution in [0.5, 0.6) is 0 Å². The zero-order valence-electron chi connectivity index (χ0n) is 12.8. The summed E-state index contributed by atoms with van der Waals surface area (Å²) in [4.78, 5) is 4.03. The van der Waals surface area contributed by atoms with Crippen molar-refractivity contribution in [1.29, 1.82) is 0 Å². The summed E-state index contributed by atoms with van der Waals surface area (Å²) in [6.07, 6.45) is 3.67. The zero-order chi connectivity index (χ0) is 14.7. The summed E-state index contributed by atoms with van der Waals surface area (Å²) >= 11 is 5.42. The van der Waals surface area contributed by atoms with Crippen LogP contribution >= 0.6 is 27.3 Å². The van der Waals surface area contributed by atoms with Crippen molar-refractivity contribution in [2.45, 2.75) is 52.1 Å². The largest absolute Gasteiger partial charge is 0.326 e. The Morgan fingerprint density at radius 2 is 2.00 bits per heavy atom. The van der Waals surface area contributed by atoms with Gasteiger partial charge >= 0.3 is 0 Å². The Bertz CT molecular complexity index is 410. The number of hydrogen-bond acceptors (Lipinski definition) is 3. The van der Waals surface area contributed by atoms with E-state index in [9.17, 15) is 0 Å². The zero-order valence-corrected chi connectivity index (χ0v) is 15.2. The van der Waals surface area contributed by atoms with Gasteiger partial charge in [-0.05, 0) is 72.3 Å². The minimum atomic E-state index is 0.233. The van der Waals surface area contributed by atoms with Gasteiger partial charge in [0.15, 0.2) is 0 Å². The van der Waals surface area contributed by atoms with Crippen molar-refractivity contribution < 1.29 is 0 Å². The van der Waals surface area contributed by atoms with E-state index < -0.39 is 0 Å². The molecule has 1 saturated heterocycles. The number of likely N-dealkylation sites (tertiary alicyclic amines) is 1. The summed E-state index contributed by atoms with van der Waals surface area (Å²) in [7, 11) is 0. The molecule has 1 aromatic heterocycles. The highest BCUT2D eigenvalue weighted by Gasteiger charge is 2.31. The van der Waals surface area contributed by atoms with Crippen LogP contribution in [0.4, 0.5) is 0 Å². The van der Waals surface area contributed by atoms with E-state index in [0.717, 1.165) is 18.3 Å². The Labute approximate surface area is 135 Å². The molecule has 1 fully saturated rings. The van der Waals surface area contributed by atoms with Crippen molar-refractivity contribution >= 4 is 27.3 Å². The molecule has 4 heteroatoms. The third-order valence-corrected chi connectivity index (χ3v) is 6.37. The molecule has 0 spiro atoms. The van der Waals surface area contributed by atoms with Crippen LogP contribution in [0.2, 0.25) is 0 Å². The molecule has 114 valence electrons. The summed E-state index contributed by atoms with van der Waals surface area (Å²) in [5, 5.41) is 0. The van der Waals surface area contributed by atoms with Gasteiger partial charge in [0.25, 0.3) is 0 Å². The maximum atomic E-state index is 6.43. The molecule has 0 radical (unpaired) electrons. The number of rotatable bonds is 5. The molecule has 2 rings (SSSR count). The van der Waals surface area contributed by atoms with Crippen molar-refractivity contribution in [3.63, 3.8) is 0 Å². The van der Waals surface area contributed by atoms with Crippen molar-refractivity contribution in [1.82, 2.24) is 4.90 Å². The second-order valence-corrected chi connectivity index (χ2v) is 8.77. The lowest BCUT2D eigenvalue weighted by molar-refractivity contribution is 0.101. The third kappa shape index (κ3) is 3.85. The van der Waals surface area contributed by atoms with Crippen LogP contribution in [0.3, 0.4) is 0 Å². The average molecular weight is 359 g/mol. The maximum absolute atomic E-state index is 6.43. The number of nitrogens with two attached hydrogens (primary N) is 1. The number of nitrogens with zero attached hydrogens (tertiary/aromatic N) is 1. The molecule has 0 bridgehead atoms. The molecular weight excluding hydrogens is 332 g/mol. The van der Waals surface area contributed by atoms with Gasteiger partial charge in [-0.15, -0.1) is 11.3 Å². The summed E-state index contributed by atoms with van der Waals surface area (Å²) in [5.74, 6) is 1.70. The highest BCUT2D eigenvalue weighted by atomic mass is 79.9. The lowest BCUT2D eigenvalue weighted by Gasteiger charge is -2.40. The fraction of sp³-hybridized carbons (Fsp3) is 0.750. The quantitative estimate of drug-likeness (QED) is 0.829. The van der Waals surface area contributed by atoms with E-state index in [1.54, 1.807) is 0 Å². The van der Waals surface area contributed by atoms with Crippen LogP contribution in [0.1, 0.15) is 51.0 Å². The molecule has 20 heavy (non-hydrogen) atoms. The predicted molar refractivity (Wildman–Crippen MR) is 92.2 cm³/mol. The van der Waals surface area contributed by atoms with Gasteiger partial charge in [0.05, 0.1) is 9.83 Å². The first kappa shape index (κ1) is 16.5. The van der Waals surface area contributed by atoms with E-state index in [1.807, 2.05) is 11.3 Å². The third-order valence-electron chi connectivity index (χ3n) is 4.67. The highest BCUT2D eigenvalue weighted by molar-refractivity contribution is 9.11. The van der Waals surface area contributed by atoms with Crippen LogP contribution < -0.4 is 5.73 Å². The summed E-state index contributed by atoms with van der Waals surface area (Å²) in [6, 6.07) is 5.01. The molecule has 2 heterocycles. The molecule has 1 aliphatic heterocycles. The Balaban J connectivity index is 2.09. The first-order valence-corrected chi connectivity index (χ1v) is 9.38. The van der Waals surface area contributed by atoms with Crippen molar-refractivity contribution in [3.8, 4) is 0 Å². The molecule has 1 aromatic rings. The Morgan fingerprint density at radius 1 is 1.35 bits per heavy atom. The van der Waals surface area contributed by atoms with Gasteiger partial charge in [0.2, 0.25) is 0 Å². The van der Waals surface area contributed by atoms with Crippen molar-refractivity contribution in [3.05, 3.63) is 20.8 Å². The Morgan fingerprint density at radius 3 is 2.45 bits per heavy atom. The monoisotopic (exact) mass is 358 g/mol. The summed E-state index contributed by atoms with van der Waals surface area (Å²) in [5.41, 5.74) is 6.43.